The second-order valence-electron chi connectivity index (χ2n) is 4.91. The van der Waals surface area contributed by atoms with Gasteiger partial charge in [-0.3, -0.25) is 0 Å². The first-order chi connectivity index (χ1) is 9.31. The van der Waals surface area contributed by atoms with Crippen LogP contribution < -0.4 is 4.90 Å². The Kier molecular flexibility index (Phi) is 3.36. The van der Waals surface area contributed by atoms with E-state index in [0.29, 0.717) is 0 Å². The zero-order valence-corrected chi connectivity index (χ0v) is 11.0. The van der Waals surface area contributed by atoms with Crippen LogP contribution in [0.25, 0.3) is 10.8 Å². The third-order valence-corrected chi connectivity index (χ3v) is 3.71. The summed E-state index contributed by atoms with van der Waals surface area (Å²) in [6.07, 6.45) is 1.30. The van der Waals surface area contributed by atoms with Gasteiger partial charge >= 0.3 is 0 Å². The highest BCUT2D eigenvalue weighted by atomic mass is 16.5. The summed E-state index contributed by atoms with van der Waals surface area (Å²) in [7, 11) is 1.75. The topological polar surface area (TPSA) is 45.6 Å². The van der Waals surface area contributed by atoms with Gasteiger partial charge in [-0.05, 0) is 17.9 Å². The van der Waals surface area contributed by atoms with Gasteiger partial charge in [0.25, 0.3) is 0 Å². The number of aliphatic hydroxyl groups is 1. The van der Waals surface area contributed by atoms with Crippen molar-refractivity contribution in [3.05, 3.63) is 36.0 Å². The summed E-state index contributed by atoms with van der Waals surface area (Å²) in [5.74, 6) is 0.960. The largest absolute Gasteiger partial charge is 0.390 e. The van der Waals surface area contributed by atoms with E-state index in [9.17, 15) is 5.11 Å². The van der Waals surface area contributed by atoms with Crippen molar-refractivity contribution < 1.29 is 9.84 Å². The minimum atomic E-state index is -0.0284. The average Bonchev–Trinajstić information content (AvgIpc) is 2.94. The van der Waals surface area contributed by atoms with Crippen molar-refractivity contribution in [2.24, 2.45) is 0 Å². The number of anilines is 1. The molecular formula is C15H18N2O2. The first-order valence-corrected chi connectivity index (χ1v) is 6.59. The molecule has 1 N–H and O–H groups in total. The van der Waals surface area contributed by atoms with Crippen LogP contribution in [0.4, 0.5) is 5.82 Å². The van der Waals surface area contributed by atoms with Crippen LogP contribution in [0.2, 0.25) is 0 Å². The minimum Gasteiger partial charge on any atom is -0.390 e. The number of fused-ring (bicyclic) bond motifs is 1. The maximum atomic E-state index is 9.36. The summed E-state index contributed by atoms with van der Waals surface area (Å²) in [5.41, 5.74) is 0.717. The monoisotopic (exact) mass is 258 g/mol. The zero-order valence-electron chi connectivity index (χ0n) is 11.0. The molecule has 19 heavy (non-hydrogen) atoms. The average molecular weight is 258 g/mol. The Morgan fingerprint density at radius 3 is 3.00 bits per heavy atom. The predicted octanol–water partition coefficient (Wildman–Crippen LogP) is 1.95. The van der Waals surface area contributed by atoms with Crippen LogP contribution >= 0.6 is 0 Å². The van der Waals surface area contributed by atoms with Crippen molar-refractivity contribution in [3.8, 4) is 0 Å². The van der Waals surface area contributed by atoms with Crippen molar-refractivity contribution >= 4 is 16.6 Å². The van der Waals surface area contributed by atoms with Crippen molar-refractivity contribution in [1.82, 2.24) is 4.98 Å². The van der Waals surface area contributed by atoms with Gasteiger partial charge in [0.15, 0.2) is 0 Å². The zero-order chi connectivity index (χ0) is 13.2. The van der Waals surface area contributed by atoms with Crippen LogP contribution in [0.15, 0.2) is 30.3 Å². The van der Waals surface area contributed by atoms with Crippen LogP contribution in [-0.2, 0) is 11.3 Å². The fourth-order valence-corrected chi connectivity index (χ4v) is 2.67. The summed E-state index contributed by atoms with van der Waals surface area (Å²) < 4.78 is 5.41. The number of aromatic nitrogens is 1. The first-order valence-electron chi connectivity index (χ1n) is 6.59. The van der Waals surface area contributed by atoms with Gasteiger partial charge in [-0.15, -0.1) is 0 Å². The van der Waals surface area contributed by atoms with Gasteiger partial charge in [-0.2, -0.15) is 0 Å². The van der Waals surface area contributed by atoms with E-state index in [1.807, 2.05) is 18.2 Å². The Bertz CT molecular complexity index is 585. The molecule has 2 aromatic rings. The molecule has 4 nitrogen and oxygen atoms in total. The molecule has 1 atom stereocenters. The quantitative estimate of drug-likeness (QED) is 0.914. The van der Waals surface area contributed by atoms with E-state index in [4.69, 9.17) is 4.74 Å². The van der Waals surface area contributed by atoms with Gasteiger partial charge < -0.3 is 14.7 Å². The van der Waals surface area contributed by atoms with Crippen LogP contribution in [0.3, 0.4) is 0 Å². The summed E-state index contributed by atoms with van der Waals surface area (Å²) in [5, 5.41) is 11.6. The maximum Gasteiger partial charge on any atom is 0.136 e. The number of pyridine rings is 1. The third kappa shape index (κ3) is 2.29. The van der Waals surface area contributed by atoms with Crippen LogP contribution in [0.1, 0.15) is 12.1 Å². The normalized spacial score (nSPS) is 19.3. The van der Waals surface area contributed by atoms with E-state index in [1.165, 1.54) is 0 Å². The molecule has 1 aliphatic heterocycles. The summed E-state index contributed by atoms with van der Waals surface area (Å²) in [4.78, 5) is 6.84. The van der Waals surface area contributed by atoms with Crippen molar-refractivity contribution in [2.45, 2.75) is 19.1 Å². The molecule has 1 saturated heterocycles. The molecule has 1 aromatic carbocycles. The fourth-order valence-electron chi connectivity index (χ4n) is 2.67. The Balaban J connectivity index is 2.06. The van der Waals surface area contributed by atoms with E-state index in [1.54, 1.807) is 7.11 Å². The van der Waals surface area contributed by atoms with Gasteiger partial charge in [0, 0.05) is 25.6 Å². The number of hydrogen-bond donors (Lipinski definition) is 1. The molecule has 0 saturated carbocycles. The molecule has 100 valence electrons. The number of benzene rings is 1. The lowest BCUT2D eigenvalue weighted by Crippen LogP contribution is -2.23. The molecule has 1 fully saturated rings. The van der Waals surface area contributed by atoms with Crippen LogP contribution in [-0.4, -0.2) is 36.4 Å². The second-order valence-corrected chi connectivity index (χ2v) is 4.91. The molecule has 0 bridgehead atoms. The second kappa shape index (κ2) is 5.15. The van der Waals surface area contributed by atoms with E-state index in [2.05, 4.69) is 22.0 Å². The molecule has 3 rings (SSSR count). The third-order valence-electron chi connectivity index (χ3n) is 3.71. The van der Waals surface area contributed by atoms with Crippen molar-refractivity contribution in [2.75, 3.05) is 25.1 Å². The number of nitrogens with zero attached hydrogens (tertiary/aromatic N) is 2. The lowest BCUT2D eigenvalue weighted by atomic mass is 10.1. The Morgan fingerprint density at radius 1 is 1.42 bits per heavy atom. The number of hydrogen-bond acceptors (Lipinski definition) is 4. The molecule has 1 aliphatic rings. The highest BCUT2D eigenvalue weighted by Crippen LogP contribution is 2.28. The number of ether oxygens (including phenoxy) is 1. The van der Waals surface area contributed by atoms with E-state index in [-0.39, 0.29) is 12.7 Å². The Labute approximate surface area is 112 Å². The molecule has 0 amide bonds. The highest BCUT2D eigenvalue weighted by Gasteiger charge is 2.24. The lowest BCUT2D eigenvalue weighted by molar-refractivity contribution is 0.121. The molecule has 0 radical (unpaired) electrons. The predicted molar refractivity (Wildman–Crippen MR) is 75.3 cm³/mol. The van der Waals surface area contributed by atoms with E-state index < -0.39 is 0 Å². The SMILES string of the molecule is COC1CCN(c2nc(CO)cc3ccccc23)C1. The number of rotatable bonds is 3. The fraction of sp³-hybridized carbons (Fsp3) is 0.400. The van der Waals surface area contributed by atoms with Gasteiger partial charge in [-0.25, -0.2) is 4.98 Å². The molecular weight excluding hydrogens is 240 g/mol. The van der Waals surface area contributed by atoms with Gasteiger partial charge in [-0.1, -0.05) is 24.3 Å². The maximum absolute atomic E-state index is 9.36. The molecule has 2 heterocycles. The molecule has 0 spiro atoms. The van der Waals surface area contributed by atoms with Gasteiger partial charge in [0.05, 0.1) is 18.4 Å². The van der Waals surface area contributed by atoms with E-state index in [0.717, 1.165) is 41.8 Å². The molecule has 0 aliphatic carbocycles. The highest BCUT2D eigenvalue weighted by molar-refractivity contribution is 5.92. The number of methoxy groups -OCH3 is 1. The Morgan fingerprint density at radius 2 is 2.26 bits per heavy atom. The van der Waals surface area contributed by atoms with Crippen molar-refractivity contribution in [3.63, 3.8) is 0 Å². The summed E-state index contributed by atoms with van der Waals surface area (Å²) >= 11 is 0. The standard InChI is InChI=1S/C15H18N2O2/c1-19-13-6-7-17(9-13)15-14-5-3-2-4-11(14)8-12(10-18)16-15/h2-5,8,13,18H,6-7,9-10H2,1H3. The molecule has 1 unspecified atom stereocenters. The van der Waals surface area contributed by atoms with Crippen LogP contribution in [0.5, 0.6) is 0 Å². The Hall–Kier alpha value is -1.65. The minimum absolute atomic E-state index is 0.0284. The first kappa shape index (κ1) is 12.4. The molecule has 4 heteroatoms. The lowest BCUT2D eigenvalue weighted by Gasteiger charge is -2.20. The smallest absolute Gasteiger partial charge is 0.136 e. The number of aliphatic hydroxyl groups excluding tert-OH is 1. The summed E-state index contributed by atoms with van der Waals surface area (Å²) in [6.45, 7) is 1.78. The summed E-state index contributed by atoms with van der Waals surface area (Å²) in [6, 6.07) is 10.1. The van der Waals surface area contributed by atoms with Crippen molar-refractivity contribution in [1.29, 1.82) is 0 Å². The van der Waals surface area contributed by atoms with Crippen LogP contribution in [0, 0.1) is 0 Å². The van der Waals surface area contributed by atoms with Gasteiger partial charge in [0.2, 0.25) is 0 Å². The van der Waals surface area contributed by atoms with E-state index >= 15 is 0 Å². The molecule has 1 aromatic heterocycles. The van der Waals surface area contributed by atoms with Gasteiger partial charge in [0.1, 0.15) is 5.82 Å².